The summed E-state index contributed by atoms with van der Waals surface area (Å²) in [5, 5.41) is 9.93. The summed E-state index contributed by atoms with van der Waals surface area (Å²) in [6.07, 6.45) is 3.51. The van der Waals surface area contributed by atoms with Gasteiger partial charge in [-0.1, -0.05) is 6.07 Å². The van der Waals surface area contributed by atoms with Crippen LogP contribution in [-0.4, -0.2) is 16.7 Å². The van der Waals surface area contributed by atoms with Crippen molar-refractivity contribution < 1.29 is 5.11 Å². The molecule has 0 saturated carbocycles. The number of fused-ring (bicyclic) bond motifs is 1. The van der Waals surface area contributed by atoms with Crippen LogP contribution in [0.5, 0.6) is 0 Å². The van der Waals surface area contributed by atoms with Crippen LogP contribution < -0.4 is 5.73 Å². The molecule has 3 heteroatoms. The molecule has 1 atom stereocenters. The van der Waals surface area contributed by atoms with E-state index in [1.807, 2.05) is 24.4 Å². The van der Waals surface area contributed by atoms with Gasteiger partial charge in [0, 0.05) is 24.4 Å². The van der Waals surface area contributed by atoms with E-state index in [9.17, 15) is 0 Å². The van der Waals surface area contributed by atoms with Gasteiger partial charge in [0.05, 0.1) is 0 Å². The number of aliphatic hydroxyl groups is 1. The molecule has 0 spiro atoms. The van der Waals surface area contributed by atoms with Gasteiger partial charge in [0.1, 0.15) is 0 Å². The summed E-state index contributed by atoms with van der Waals surface area (Å²) in [5.41, 5.74) is 8.29. The van der Waals surface area contributed by atoms with Gasteiger partial charge < -0.3 is 15.8 Å². The number of hydrogen-bond donors (Lipinski definition) is 3. The summed E-state index contributed by atoms with van der Waals surface area (Å²) in [6.45, 7) is 0.208. The molecule has 3 nitrogen and oxygen atoms in total. The van der Waals surface area contributed by atoms with Crippen LogP contribution >= 0.6 is 0 Å². The average Bonchev–Trinajstić information content (AvgIpc) is 2.72. The third-order valence-corrected chi connectivity index (χ3v) is 2.68. The van der Waals surface area contributed by atoms with Crippen molar-refractivity contribution in [3.63, 3.8) is 0 Å². The van der Waals surface area contributed by atoms with Crippen LogP contribution in [0.1, 0.15) is 24.4 Å². The van der Waals surface area contributed by atoms with Crippen LogP contribution in [0.25, 0.3) is 10.9 Å². The molecular weight excluding hydrogens is 188 g/mol. The summed E-state index contributed by atoms with van der Waals surface area (Å²) in [5.74, 6) is 0. The van der Waals surface area contributed by atoms with Gasteiger partial charge in [0.15, 0.2) is 0 Å². The first-order valence-corrected chi connectivity index (χ1v) is 5.25. The fraction of sp³-hybridized carbons (Fsp3) is 0.333. The molecule has 1 aromatic carbocycles. The zero-order valence-electron chi connectivity index (χ0n) is 8.61. The fourth-order valence-corrected chi connectivity index (χ4v) is 1.78. The monoisotopic (exact) mass is 204 g/mol. The molecule has 0 fully saturated rings. The predicted octanol–water partition coefficient (Wildman–Crippen LogP) is 1.94. The number of aromatic amines is 1. The van der Waals surface area contributed by atoms with E-state index in [0.717, 1.165) is 23.9 Å². The van der Waals surface area contributed by atoms with Crippen molar-refractivity contribution in [2.75, 3.05) is 6.61 Å². The minimum Gasteiger partial charge on any atom is -0.396 e. The van der Waals surface area contributed by atoms with Gasteiger partial charge >= 0.3 is 0 Å². The van der Waals surface area contributed by atoms with Crippen molar-refractivity contribution >= 4 is 10.9 Å². The highest BCUT2D eigenvalue weighted by atomic mass is 16.2. The Morgan fingerprint density at radius 1 is 1.33 bits per heavy atom. The summed E-state index contributed by atoms with van der Waals surface area (Å²) in [4.78, 5) is 3.15. The van der Waals surface area contributed by atoms with Crippen LogP contribution in [0.15, 0.2) is 30.5 Å². The summed E-state index contributed by atoms with van der Waals surface area (Å²) >= 11 is 0. The summed E-state index contributed by atoms with van der Waals surface area (Å²) < 4.78 is 0. The van der Waals surface area contributed by atoms with E-state index < -0.39 is 0 Å². The number of benzene rings is 1. The Hall–Kier alpha value is -1.32. The smallest absolute Gasteiger partial charge is 0.0454 e. The van der Waals surface area contributed by atoms with E-state index in [2.05, 4.69) is 11.1 Å². The second-order valence-corrected chi connectivity index (χ2v) is 3.80. The maximum Gasteiger partial charge on any atom is 0.0454 e. The second kappa shape index (κ2) is 4.47. The number of H-pyrrole nitrogens is 1. The first kappa shape index (κ1) is 10.2. The van der Waals surface area contributed by atoms with Crippen LogP contribution in [0.4, 0.5) is 0 Å². The van der Waals surface area contributed by atoms with Crippen molar-refractivity contribution in [2.24, 2.45) is 5.73 Å². The SMILES string of the molecule is N[C@H](CCCO)c1ccc2[nH]ccc2c1. The van der Waals surface area contributed by atoms with Crippen LogP contribution in [0.3, 0.4) is 0 Å². The minimum atomic E-state index is 0.0245. The Balaban J connectivity index is 2.19. The second-order valence-electron chi connectivity index (χ2n) is 3.80. The highest BCUT2D eigenvalue weighted by Crippen LogP contribution is 2.20. The van der Waals surface area contributed by atoms with Crippen molar-refractivity contribution in [2.45, 2.75) is 18.9 Å². The van der Waals surface area contributed by atoms with E-state index >= 15 is 0 Å². The topological polar surface area (TPSA) is 62.0 Å². The molecule has 0 bridgehead atoms. The Bertz CT molecular complexity index is 436. The molecule has 0 amide bonds. The first-order valence-electron chi connectivity index (χ1n) is 5.25. The van der Waals surface area contributed by atoms with Gasteiger partial charge in [0.25, 0.3) is 0 Å². The Labute approximate surface area is 88.9 Å². The predicted molar refractivity (Wildman–Crippen MR) is 61.5 cm³/mol. The van der Waals surface area contributed by atoms with Crippen molar-refractivity contribution in [3.8, 4) is 0 Å². The molecule has 2 rings (SSSR count). The number of nitrogens with two attached hydrogens (primary N) is 1. The molecule has 0 unspecified atom stereocenters. The molecule has 15 heavy (non-hydrogen) atoms. The number of hydrogen-bond acceptors (Lipinski definition) is 2. The fourth-order valence-electron chi connectivity index (χ4n) is 1.78. The molecule has 80 valence electrons. The maximum atomic E-state index is 8.74. The quantitative estimate of drug-likeness (QED) is 0.712. The first-order chi connectivity index (χ1) is 7.31. The third kappa shape index (κ3) is 2.19. The largest absolute Gasteiger partial charge is 0.396 e. The lowest BCUT2D eigenvalue weighted by molar-refractivity contribution is 0.280. The minimum absolute atomic E-state index is 0.0245. The molecular formula is C12H16N2O. The van der Waals surface area contributed by atoms with E-state index in [4.69, 9.17) is 10.8 Å². The zero-order chi connectivity index (χ0) is 10.7. The molecule has 1 heterocycles. The van der Waals surface area contributed by atoms with Gasteiger partial charge in [-0.25, -0.2) is 0 Å². The molecule has 1 aromatic heterocycles. The van der Waals surface area contributed by atoms with Crippen LogP contribution in [0.2, 0.25) is 0 Å². The highest BCUT2D eigenvalue weighted by molar-refractivity contribution is 5.80. The van der Waals surface area contributed by atoms with Gasteiger partial charge in [-0.3, -0.25) is 0 Å². The van der Waals surface area contributed by atoms with E-state index in [1.165, 1.54) is 5.39 Å². The van der Waals surface area contributed by atoms with Crippen molar-refractivity contribution in [3.05, 3.63) is 36.0 Å². The van der Waals surface area contributed by atoms with Crippen LogP contribution in [-0.2, 0) is 0 Å². The standard InChI is InChI=1S/C12H16N2O/c13-11(2-1-7-15)9-3-4-12-10(8-9)5-6-14-12/h3-6,8,11,14-15H,1-2,7,13H2/t11-/m1/s1. The van der Waals surface area contributed by atoms with E-state index in [-0.39, 0.29) is 12.6 Å². The number of rotatable bonds is 4. The van der Waals surface area contributed by atoms with E-state index in [1.54, 1.807) is 0 Å². The van der Waals surface area contributed by atoms with Crippen LogP contribution in [0, 0.1) is 0 Å². The Kier molecular flexibility index (Phi) is 3.04. The number of aliphatic hydroxyl groups excluding tert-OH is 1. The normalized spacial score (nSPS) is 13.2. The number of aromatic nitrogens is 1. The molecule has 4 N–H and O–H groups in total. The average molecular weight is 204 g/mol. The van der Waals surface area contributed by atoms with Gasteiger partial charge in [-0.15, -0.1) is 0 Å². The lowest BCUT2D eigenvalue weighted by Crippen LogP contribution is -2.10. The van der Waals surface area contributed by atoms with Gasteiger partial charge in [-0.05, 0) is 42.0 Å². The third-order valence-electron chi connectivity index (χ3n) is 2.68. The lowest BCUT2D eigenvalue weighted by Gasteiger charge is -2.11. The lowest BCUT2D eigenvalue weighted by atomic mass is 10.0. The Morgan fingerprint density at radius 2 is 2.20 bits per heavy atom. The molecule has 0 aliphatic carbocycles. The highest BCUT2D eigenvalue weighted by Gasteiger charge is 2.06. The molecule has 0 saturated heterocycles. The summed E-state index contributed by atoms with van der Waals surface area (Å²) in [7, 11) is 0. The summed E-state index contributed by atoms with van der Waals surface area (Å²) in [6, 6.07) is 8.26. The molecule has 2 aromatic rings. The van der Waals surface area contributed by atoms with Gasteiger partial charge in [-0.2, -0.15) is 0 Å². The number of nitrogens with one attached hydrogen (secondary N) is 1. The zero-order valence-corrected chi connectivity index (χ0v) is 8.61. The Morgan fingerprint density at radius 3 is 3.00 bits per heavy atom. The van der Waals surface area contributed by atoms with Crippen molar-refractivity contribution in [1.29, 1.82) is 0 Å². The molecule has 0 aliphatic heterocycles. The molecule has 0 radical (unpaired) electrons. The maximum absolute atomic E-state index is 8.74. The van der Waals surface area contributed by atoms with Gasteiger partial charge in [0.2, 0.25) is 0 Å². The molecule has 0 aliphatic rings. The van der Waals surface area contributed by atoms with E-state index in [0.29, 0.717) is 0 Å². The van der Waals surface area contributed by atoms with Crippen molar-refractivity contribution in [1.82, 2.24) is 4.98 Å².